The molecule has 7 heteroatoms. The third kappa shape index (κ3) is 3.47. The third-order valence-electron chi connectivity index (χ3n) is 3.56. The fourth-order valence-corrected chi connectivity index (χ4v) is 1.77. The van der Waals surface area contributed by atoms with E-state index in [9.17, 15) is 10.1 Å². The topological polar surface area (TPSA) is 96.5 Å². The Morgan fingerprint density at radius 1 is 1.41 bits per heavy atom. The van der Waals surface area contributed by atoms with Crippen molar-refractivity contribution in [2.75, 3.05) is 0 Å². The van der Waals surface area contributed by atoms with Crippen LogP contribution in [0.1, 0.15) is 20.8 Å². The number of hydrogen-bond acceptors (Lipinski definition) is 5. The van der Waals surface area contributed by atoms with E-state index in [0.29, 0.717) is 5.82 Å². The van der Waals surface area contributed by atoms with E-state index in [1.165, 1.54) is 4.80 Å². The van der Waals surface area contributed by atoms with Gasteiger partial charge in [0.05, 0.1) is 6.07 Å². The largest absolute Gasteiger partial charge is 0.336 e. The van der Waals surface area contributed by atoms with Crippen molar-refractivity contribution in [3.05, 3.63) is 30.3 Å². The van der Waals surface area contributed by atoms with E-state index < -0.39 is 5.54 Å². The Morgan fingerprint density at radius 2 is 2.09 bits per heavy atom. The quantitative estimate of drug-likeness (QED) is 0.899. The van der Waals surface area contributed by atoms with E-state index in [0.717, 1.165) is 5.56 Å². The van der Waals surface area contributed by atoms with Crippen molar-refractivity contribution in [1.29, 1.82) is 5.26 Å². The molecular formula is C15H18N6O. The van der Waals surface area contributed by atoms with E-state index in [1.54, 1.807) is 6.92 Å². The Labute approximate surface area is 128 Å². The van der Waals surface area contributed by atoms with E-state index in [2.05, 4.69) is 26.8 Å². The average Bonchev–Trinajstić information content (AvgIpc) is 2.96. The average molecular weight is 298 g/mol. The predicted molar refractivity (Wildman–Crippen MR) is 80.3 cm³/mol. The van der Waals surface area contributed by atoms with Crippen molar-refractivity contribution >= 4 is 5.91 Å². The zero-order chi connectivity index (χ0) is 16.2. The lowest BCUT2D eigenvalue weighted by molar-refractivity contribution is -0.123. The van der Waals surface area contributed by atoms with Crippen LogP contribution in [-0.2, 0) is 11.3 Å². The number of nitriles is 1. The molecule has 1 heterocycles. The summed E-state index contributed by atoms with van der Waals surface area (Å²) in [6, 6.07) is 11.5. The second-order valence-corrected chi connectivity index (χ2v) is 5.53. The fourth-order valence-electron chi connectivity index (χ4n) is 1.77. The van der Waals surface area contributed by atoms with Crippen molar-refractivity contribution < 1.29 is 4.79 Å². The summed E-state index contributed by atoms with van der Waals surface area (Å²) in [5.41, 5.74) is -0.0851. The van der Waals surface area contributed by atoms with Gasteiger partial charge in [-0.25, -0.2) is 0 Å². The van der Waals surface area contributed by atoms with Crippen LogP contribution in [0.5, 0.6) is 0 Å². The van der Waals surface area contributed by atoms with Crippen LogP contribution in [0.15, 0.2) is 30.3 Å². The van der Waals surface area contributed by atoms with Gasteiger partial charge in [0.15, 0.2) is 0 Å². The fraction of sp³-hybridized carbons (Fsp3) is 0.400. The lowest BCUT2D eigenvalue weighted by Gasteiger charge is -2.27. The number of hydrogen-bond donors (Lipinski definition) is 1. The first-order chi connectivity index (χ1) is 10.4. The maximum atomic E-state index is 12.0. The van der Waals surface area contributed by atoms with Gasteiger partial charge in [-0.05, 0) is 18.1 Å². The van der Waals surface area contributed by atoms with E-state index in [-0.39, 0.29) is 18.4 Å². The van der Waals surface area contributed by atoms with Crippen LogP contribution in [-0.4, -0.2) is 31.7 Å². The Balaban J connectivity index is 2.05. The zero-order valence-corrected chi connectivity index (χ0v) is 12.8. The first kappa shape index (κ1) is 15.6. The molecule has 22 heavy (non-hydrogen) atoms. The Morgan fingerprint density at radius 3 is 2.68 bits per heavy atom. The molecule has 1 aromatic carbocycles. The molecule has 0 spiro atoms. The van der Waals surface area contributed by atoms with Gasteiger partial charge in [-0.2, -0.15) is 10.1 Å². The molecule has 0 fully saturated rings. The van der Waals surface area contributed by atoms with Crippen molar-refractivity contribution in [2.45, 2.75) is 32.9 Å². The molecule has 0 aliphatic rings. The van der Waals surface area contributed by atoms with Gasteiger partial charge in [-0.1, -0.05) is 44.2 Å². The zero-order valence-electron chi connectivity index (χ0n) is 12.8. The third-order valence-corrected chi connectivity index (χ3v) is 3.56. The standard InChI is InChI=1S/C15H18N6O/c1-11(2)15(3,10-16)17-13(22)9-21-19-14(18-20-21)12-7-5-4-6-8-12/h4-8,11H,9H2,1-3H3,(H,17,22)/t15-/m1/s1. The summed E-state index contributed by atoms with van der Waals surface area (Å²) in [5.74, 6) is 0.125. The van der Waals surface area contributed by atoms with Gasteiger partial charge in [-0.3, -0.25) is 4.79 Å². The molecule has 0 bridgehead atoms. The lowest BCUT2D eigenvalue weighted by atomic mass is 9.90. The van der Waals surface area contributed by atoms with Gasteiger partial charge in [0, 0.05) is 5.56 Å². The SMILES string of the molecule is CC(C)[C@@](C)(C#N)NC(=O)Cn1nnc(-c2ccccc2)n1. The number of carbonyl (C=O) groups is 1. The lowest BCUT2D eigenvalue weighted by Crippen LogP contribution is -2.50. The second-order valence-electron chi connectivity index (χ2n) is 5.53. The minimum absolute atomic E-state index is 0.00923. The highest BCUT2D eigenvalue weighted by molar-refractivity contribution is 5.77. The number of amides is 1. The van der Waals surface area contributed by atoms with Gasteiger partial charge in [-0.15, -0.1) is 10.2 Å². The molecule has 7 nitrogen and oxygen atoms in total. The molecule has 2 aromatic rings. The molecule has 0 saturated carbocycles. The highest BCUT2D eigenvalue weighted by Crippen LogP contribution is 2.15. The molecule has 0 aliphatic heterocycles. The highest BCUT2D eigenvalue weighted by atomic mass is 16.2. The van der Waals surface area contributed by atoms with Crippen molar-refractivity contribution in [3.8, 4) is 17.5 Å². The number of aromatic nitrogens is 4. The Hall–Kier alpha value is -2.75. The number of nitrogens with one attached hydrogen (secondary N) is 1. The molecular weight excluding hydrogens is 280 g/mol. The van der Waals surface area contributed by atoms with Crippen molar-refractivity contribution in [1.82, 2.24) is 25.5 Å². The van der Waals surface area contributed by atoms with E-state index >= 15 is 0 Å². The van der Waals surface area contributed by atoms with Crippen LogP contribution in [0.3, 0.4) is 0 Å². The molecule has 1 aromatic heterocycles. The Kier molecular flexibility index (Phi) is 4.51. The summed E-state index contributed by atoms with van der Waals surface area (Å²) < 4.78 is 0. The summed E-state index contributed by atoms with van der Waals surface area (Å²) in [7, 11) is 0. The monoisotopic (exact) mass is 298 g/mol. The van der Waals surface area contributed by atoms with Gasteiger partial charge in [0.25, 0.3) is 0 Å². The van der Waals surface area contributed by atoms with Crippen LogP contribution >= 0.6 is 0 Å². The smallest absolute Gasteiger partial charge is 0.244 e. The minimum atomic E-state index is -0.917. The highest BCUT2D eigenvalue weighted by Gasteiger charge is 2.30. The maximum absolute atomic E-state index is 12.0. The molecule has 0 aliphatic carbocycles. The molecule has 0 saturated heterocycles. The van der Waals surface area contributed by atoms with Crippen molar-refractivity contribution in [2.24, 2.45) is 5.92 Å². The second kappa shape index (κ2) is 6.35. The van der Waals surface area contributed by atoms with Crippen LogP contribution in [0.4, 0.5) is 0 Å². The minimum Gasteiger partial charge on any atom is -0.336 e. The molecule has 1 N–H and O–H groups in total. The van der Waals surface area contributed by atoms with Gasteiger partial charge in [0.2, 0.25) is 11.7 Å². The molecule has 1 amide bonds. The molecule has 0 unspecified atom stereocenters. The molecule has 114 valence electrons. The predicted octanol–water partition coefficient (Wildman–Crippen LogP) is 1.39. The number of nitrogens with zero attached hydrogens (tertiary/aromatic N) is 5. The van der Waals surface area contributed by atoms with Crippen LogP contribution in [0, 0.1) is 17.2 Å². The maximum Gasteiger partial charge on any atom is 0.244 e. The molecule has 0 radical (unpaired) electrons. The van der Waals surface area contributed by atoms with Gasteiger partial charge >= 0.3 is 0 Å². The number of tetrazole rings is 1. The number of carbonyl (C=O) groups excluding carboxylic acids is 1. The summed E-state index contributed by atoms with van der Waals surface area (Å²) in [6.07, 6.45) is 0. The van der Waals surface area contributed by atoms with Crippen molar-refractivity contribution in [3.63, 3.8) is 0 Å². The molecule has 1 atom stereocenters. The van der Waals surface area contributed by atoms with Crippen LogP contribution < -0.4 is 5.32 Å². The summed E-state index contributed by atoms with van der Waals surface area (Å²) in [5, 5.41) is 23.9. The van der Waals surface area contributed by atoms with Gasteiger partial charge < -0.3 is 5.32 Å². The summed E-state index contributed by atoms with van der Waals surface area (Å²) >= 11 is 0. The normalized spacial score (nSPS) is 13.4. The van der Waals surface area contributed by atoms with Crippen LogP contribution in [0.25, 0.3) is 11.4 Å². The van der Waals surface area contributed by atoms with E-state index in [4.69, 9.17) is 0 Å². The number of benzene rings is 1. The number of rotatable bonds is 5. The van der Waals surface area contributed by atoms with Crippen LogP contribution in [0.2, 0.25) is 0 Å². The Bertz CT molecular complexity index is 688. The first-order valence-electron chi connectivity index (χ1n) is 7.00. The van der Waals surface area contributed by atoms with Gasteiger partial charge in [0.1, 0.15) is 12.1 Å². The molecule has 2 rings (SSSR count). The summed E-state index contributed by atoms with van der Waals surface area (Å²) in [4.78, 5) is 13.3. The first-order valence-corrected chi connectivity index (χ1v) is 7.00. The van der Waals surface area contributed by atoms with E-state index in [1.807, 2.05) is 44.2 Å². The summed E-state index contributed by atoms with van der Waals surface area (Å²) in [6.45, 7) is 5.37.